The third-order valence-corrected chi connectivity index (χ3v) is 6.72. The third-order valence-electron chi connectivity index (χ3n) is 6.72. The molecule has 0 aromatic heterocycles. The maximum atomic E-state index is 13.6. The summed E-state index contributed by atoms with van der Waals surface area (Å²) in [5.41, 5.74) is 5.53. The minimum atomic E-state index is -2.90. The Hall–Kier alpha value is -4.19. The van der Waals surface area contributed by atoms with Gasteiger partial charge in [-0.15, -0.1) is 0 Å². The fourth-order valence-electron chi connectivity index (χ4n) is 4.66. The predicted molar refractivity (Wildman–Crippen MR) is 154 cm³/mol. The van der Waals surface area contributed by atoms with E-state index < -0.39 is 11.8 Å². The number of aromatic hydroxyl groups is 1. The first-order chi connectivity index (χ1) is 18.7. The van der Waals surface area contributed by atoms with Crippen LogP contribution in [-0.4, -0.2) is 29.4 Å². The van der Waals surface area contributed by atoms with E-state index in [4.69, 9.17) is 4.99 Å². The lowest BCUT2D eigenvalue weighted by molar-refractivity contribution is -0.116. The van der Waals surface area contributed by atoms with Gasteiger partial charge in [0.15, 0.2) is 5.78 Å². The molecule has 4 nitrogen and oxygen atoms in total. The number of carbonyl (C=O) groups excluding carboxylic acids is 1. The van der Waals surface area contributed by atoms with E-state index in [2.05, 4.69) is 4.99 Å². The van der Waals surface area contributed by atoms with Crippen molar-refractivity contribution in [2.24, 2.45) is 15.9 Å². The van der Waals surface area contributed by atoms with Crippen LogP contribution in [0.3, 0.4) is 0 Å². The molecule has 0 saturated heterocycles. The van der Waals surface area contributed by atoms with Crippen LogP contribution in [0.4, 0.5) is 8.78 Å². The number of rotatable bonds is 8. The zero-order valence-corrected chi connectivity index (χ0v) is 22.4. The first-order valence-corrected chi connectivity index (χ1v) is 13.0. The van der Waals surface area contributed by atoms with Crippen molar-refractivity contribution in [3.63, 3.8) is 0 Å². The Morgan fingerprint density at radius 2 is 1.79 bits per heavy atom. The molecule has 4 rings (SSSR count). The smallest absolute Gasteiger partial charge is 0.270 e. The number of aliphatic imine (C=N–C) groups is 2. The minimum absolute atomic E-state index is 0.0457. The molecule has 2 aliphatic rings. The van der Waals surface area contributed by atoms with Crippen LogP contribution in [0.25, 0.3) is 5.57 Å². The molecule has 0 radical (unpaired) electrons. The Labute approximate surface area is 228 Å². The number of allylic oxidation sites excluding steroid dienone is 10. The summed E-state index contributed by atoms with van der Waals surface area (Å²) in [6, 6.07) is 13.1. The number of alkyl halides is 2. The molecule has 2 aromatic carbocycles. The van der Waals surface area contributed by atoms with Gasteiger partial charge in [-0.2, -0.15) is 0 Å². The van der Waals surface area contributed by atoms with Crippen LogP contribution < -0.4 is 0 Å². The van der Waals surface area contributed by atoms with Crippen molar-refractivity contribution in [2.45, 2.75) is 39.5 Å². The van der Waals surface area contributed by atoms with E-state index in [1.807, 2.05) is 56.4 Å². The molecule has 0 amide bonds. The maximum Gasteiger partial charge on any atom is 0.270 e. The molecule has 0 bridgehead atoms. The molecule has 0 aliphatic carbocycles. The molecule has 0 spiro atoms. The summed E-state index contributed by atoms with van der Waals surface area (Å²) in [5.74, 6) is -3.31. The molecule has 2 aromatic rings. The Kier molecular flexibility index (Phi) is 8.65. The van der Waals surface area contributed by atoms with Crippen molar-refractivity contribution in [1.29, 1.82) is 0 Å². The van der Waals surface area contributed by atoms with Crippen LogP contribution in [0.5, 0.6) is 5.75 Å². The second-order valence-electron chi connectivity index (χ2n) is 9.67. The first-order valence-electron chi connectivity index (χ1n) is 13.0. The summed E-state index contributed by atoms with van der Waals surface area (Å²) >= 11 is 0. The molecule has 200 valence electrons. The summed E-state index contributed by atoms with van der Waals surface area (Å²) in [7, 11) is 0. The van der Waals surface area contributed by atoms with Gasteiger partial charge in [0.25, 0.3) is 5.92 Å². The van der Waals surface area contributed by atoms with Gasteiger partial charge in [0.1, 0.15) is 11.4 Å². The molecule has 0 fully saturated rings. The number of Topliss-reactive ketones (excluding diaryl/α,β-unsaturated/α-hetero) is 1. The standard InChI is InChI=1S/C33H32F2N2O2/c1-4-6-8-23(7-5-2)19-27-28(24-12-16-26(38)17-13-24)20-36-21-29-31(27)37-30(32(29)39)18-11-22-9-14-25(15-10-22)33(3,34)35/h4-10,12-18,20,29,38H,11,19,21H2,1-3H3/b6-4-,7-5-,23-8+,30-18+. The van der Waals surface area contributed by atoms with E-state index in [9.17, 15) is 18.7 Å². The van der Waals surface area contributed by atoms with Crippen LogP contribution in [0, 0.1) is 5.92 Å². The van der Waals surface area contributed by atoms with Crippen molar-refractivity contribution >= 4 is 23.3 Å². The normalized spacial score (nSPS) is 19.4. The zero-order valence-electron chi connectivity index (χ0n) is 22.4. The van der Waals surface area contributed by atoms with E-state index in [0.717, 1.165) is 34.8 Å². The van der Waals surface area contributed by atoms with Crippen molar-refractivity contribution < 1.29 is 18.7 Å². The van der Waals surface area contributed by atoms with Gasteiger partial charge < -0.3 is 5.11 Å². The highest BCUT2D eigenvalue weighted by molar-refractivity contribution is 6.30. The second kappa shape index (κ2) is 12.1. The van der Waals surface area contributed by atoms with E-state index in [1.54, 1.807) is 36.6 Å². The summed E-state index contributed by atoms with van der Waals surface area (Å²) in [4.78, 5) is 22.9. The van der Waals surface area contributed by atoms with Crippen molar-refractivity contribution in [2.75, 3.05) is 6.54 Å². The van der Waals surface area contributed by atoms with Crippen LogP contribution in [0.1, 0.15) is 43.9 Å². The van der Waals surface area contributed by atoms with Gasteiger partial charge in [0.05, 0.1) is 18.2 Å². The monoisotopic (exact) mass is 526 g/mol. The van der Waals surface area contributed by atoms with Crippen LogP contribution in [-0.2, 0) is 17.1 Å². The van der Waals surface area contributed by atoms with Gasteiger partial charge in [0.2, 0.25) is 0 Å². The lowest BCUT2D eigenvalue weighted by Crippen LogP contribution is -2.22. The summed E-state index contributed by atoms with van der Waals surface area (Å²) in [5, 5.41) is 9.83. The van der Waals surface area contributed by atoms with Gasteiger partial charge >= 0.3 is 0 Å². The molecule has 1 atom stereocenters. The highest BCUT2D eigenvalue weighted by Gasteiger charge is 2.37. The quantitative estimate of drug-likeness (QED) is 0.285. The van der Waals surface area contributed by atoms with Crippen molar-refractivity contribution in [3.8, 4) is 5.75 Å². The molecular weight excluding hydrogens is 494 g/mol. The van der Waals surface area contributed by atoms with Crippen molar-refractivity contribution in [3.05, 3.63) is 119 Å². The number of ketones is 1. The molecule has 39 heavy (non-hydrogen) atoms. The highest BCUT2D eigenvalue weighted by Crippen LogP contribution is 2.35. The number of phenolic OH excluding ortho intramolecular Hbond substituents is 1. The number of halogens is 2. The maximum absolute atomic E-state index is 13.6. The predicted octanol–water partition coefficient (Wildman–Crippen LogP) is 7.58. The molecule has 6 heteroatoms. The van der Waals surface area contributed by atoms with E-state index in [1.165, 1.54) is 12.1 Å². The zero-order chi connectivity index (χ0) is 28.0. The van der Waals surface area contributed by atoms with Gasteiger partial charge in [-0.3, -0.25) is 9.79 Å². The number of nitrogens with zero attached hydrogens (tertiary/aromatic N) is 2. The number of hydrogen-bond donors (Lipinski definition) is 1. The van der Waals surface area contributed by atoms with E-state index in [-0.39, 0.29) is 23.6 Å². The molecule has 2 heterocycles. The Morgan fingerprint density at radius 1 is 1.08 bits per heavy atom. The molecule has 1 unspecified atom stereocenters. The minimum Gasteiger partial charge on any atom is -0.508 e. The number of benzene rings is 2. The Morgan fingerprint density at radius 3 is 2.44 bits per heavy atom. The average molecular weight is 527 g/mol. The van der Waals surface area contributed by atoms with Crippen LogP contribution in [0.15, 0.2) is 112 Å². The van der Waals surface area contributed by atoms with Gasteiger partial charge in [-0.25, -0.2) is 13.8 Å². The summed E-state index contributed by atoms with van der Waals surface area (Å²) < 4.78 is 27.2. The number of fused-ring (bicyclic) bond motifs is 1. The third kappa shape index (κ3) is 6.63. The lowest BCUT2D eigenvalue weighted by Gasteiger charge is -2.15. The summed E-state index contributed by atoms with van der Waals surface area (Å²) in [6.45, 7) is 5.08. The van der Waals surface area contributed by atoms with Crippen LogP contribution in [0.2, 0.25) is 0 Å². The second-order valence-corrected chi connectivity index (χ2v) is 9.67. The number of phenols is 1. The Bertz CT molecular complexity index is 1430. The van der Waals surface area contributed by atoms with Gasteiger partial charge in [0, 0.05) is 24.3 Å². The van der Waals surface area contributed by atoms with E-state index in [0.29, 0.717) is 24.3 Å². The van der Waals surface area contributed by atoms with E-state index >= 15 is 0 Å². The average Bonchev–Trinajstić information content (AvgIpc) is 3.11. The highest BCUT2D eigenvalue weighted by atomic mass is 19.3. The fraction of sp³-hybridized carbons (Fsp3) is 0.242. The first kappa shape index (κ1) is 27.8. The Balaban J connectivity index is 1.76. The lowest BCUT2D eigenvalue weighted by atomic mass is 9.86. The number of carbonyl (C=O) groups is 1. The largest absolute Gasteiger partial charge is 0.508 e. The SMILES string of the molecule is C\C=C/C=C(\C=C/C)CC1=C(c2ccc(O)cc2)C=NCC2C(=O)/C(=C\Cc3ccc(C(C)(F)F)cc3)N=C12. The van der Waals surface area contributed by atoms with Crippen molar-refractivity contribution in [1.82, 2.24) is 0 Å². The van der Waals surface area contributed by atoms with Gasteiger partial charge in [-0.1, -0.05) is 72.9 Å². The van der Waals surface area contributed by atoms with Gasteiger partial charge in [-0.05, 0) is 61.1 Å². The molecule has 0 saturated carbocycles. The summed E-state index contributed by atoms with van der Waals surface area (Å²) in [6.07, 6.45) is 14.5. The molecule has 1 N–H and O–H groups in total. The van der Waals surface area contributed by atoms with Crippen LogP contribution >= 0.6 is 0 Å². The number of hydrogen-bond acceptors (Lipinski definition) is 4. The molecular formula is C33H32F2N2O2. The molecule has 2 aliphatic heterocycles. The topological polar surface area (TPSA) is 62.0 Å². The fourth-order valence-corrected chi connectivity index (χ4v) is 4.66.